The Morgan fingerprint density at radius 3 is 2.43 bits per heavy atom. The third-order valence-corrected chi connectivity index (χ3v) is 1.26. The summed E-state index contributed by atoms with van der Waals surface area (Å²) in [5.74, 6) is 0. The Morgan fingerprint density at radius 2 is 2.29 bits per heavy atom. The number of rotatable bonds is 0. The molecule has 1 aliphatic heterocycles. The van der Waals surface area contributed by atoms with Crippen LogP contribution >= 0.6 is 0 Å². The largest absolute Gasteiger partial charge is 0.385 e. The maximum absolute atomic E-state index is 5.40. The minimum absolute atomic E-state index is 0.0231. The predicted molar refractivity (Wildman–Crippen MR) is 29.3 cm³/mol. The predicted octanol–water partition coefficient (Wildman–Crippen LogP) is 0.680. The molecule has 1 rings (SSSR count). The highest BCUT2D eigenvalue weighted by Gasteiger charge is 2.15. The van der Waals surface area contributed by atoms with E-state index in [-0.39, 0.29) is 6.00 Å². The van der Waals surface area contributed by atoms with Gasteiger partial charge in [-0.25, -0.2) is 0 Å². The molecule has 1 aliphatic rings. The Labute approximate surface area is 45.5 Å². The van der Waals surface area contributed by atoms with E-state index in [0.717, 1.165) is 12.8 Å². The van der Waals surface area contributed by atoms with Gasteiger partial charge in [0.2, 0.25) is 0 Å². The summed E-state index contributed by atoms with van der Waals surface area (Å²) in [6, 6.07) is 0.0231. The number of hydrogen-bond donors (Lipinski definition) is 0. The quantitative estimate of drug-likeness (QED) is 0.403. The van der Waals surface area contributed by atoms with E-state index >= 15 is 0 Å². The average molecular weight is 95.9 g/mol. The van der Waals surface area contributed by atoms with Crippen LogP contribution in [0.4, 0.5) is 0 Å². The van der Waals surface area contributed by atoms with Gasteiger partial charge in [-0.1, -0.05) is 0 Å². The summed E-state index contributed by atoms with van der Waals surface area (Å²) in [5, 5.41) is 0. The van der Waals surface area contributed by atoms with E-state index in [1.165, 1.54) is 0 Å². The molecule has 0 aromatic heterocycles. The first kappa shape index (κ1) is 5.17. The van der Waals surface area contributed by atoms with E-state index < -0.39 is 0 Å². The van der Waals surface area contributed by atoms with Crippen molar-refractivity contribution in [2.24, 2.45) is 0 Å². The topological polar surface area (TPSA) is 9.23 Å². The monoisotopic (exact) mass is 96.1 g/mol. The second-order valence-electron chi connectivity index (χ2n) is 2.06. The summed E-state index contributed by atoms with van der Waals surface area (Å²) >= 11 is 0. The molecular formula is C5H9BO. The molecule has 0 saturated carbocycles. The third-order valence-electron chi connectivity index (χ3n) is 1.26. The van der Waals surface area contributed by atoms with Crippen LogP contribution in [0.3, 0.4) is 0 Å². The standard InChI is InChI=1S/C5H9BO/c1-4-2-3-5(6)7-4/h4-5H,2-3H2,1H3. The summed E-state index contributed by atoms with van der Waals surface area (Å²) in [6.45, 7) is 2.05. The van der Waals surface area contributed by atoms with Crippen molar-refractivity contribution in [2.75, 3.05) is 0 Å². The second kappa shape index (κ2) is 1.87. The lowest BCUT2D eigenvalue weighted by molar-refractivity contribution is 0.101. The Bertz CT molecular complexity index is 57.1. The number of hydrogen-bond acceptors (Lipinski definition) is 1. The lowest BCUT2D eigenvalue weighted by Gasteiger charge is -2.01. The lowest BCUT2D eigenvalue weighted by Crippen LogP contribution is -2.06. The Kier molecular flexibility index (Phi) is 1.38. The van der Waals surface area contributed by atoms with Crippen molar-refractivity contribution in [3.63, 3.8) is 0 Å². The molecule has 0 N–H and O–H groups in total. The second-order valence-corrected chi connectivity index (χ2v) is 2.06. The minimum Gasteiger partial charge on any atom is -0.385 e. The molecule has 0 aromatic rings. The summed E-state index contributed by atoms with van der Waals surface area (Å²) < 4.78 is 5.14. The van der Waals surface area contributed by atoms with E-state index in [0.29, 0.717) is 6.10 Å². The minimum atomic E-state index is 0.0231. The van der Waals surface area contributed by atoms with Gasteiger partial charge in [0, 0.05) is 6.00 Å². The first-order chi connectivity index (χ1) is 3.29. The van der Waals surface area contributed by atoms with Gasteiger partial charge in [-0.05, 0) is 19.8 Å². The molecule has 38 valence electrons. The maximum Gasteiger partial charge on any atom is 0.108 e. The zero-order chi connectivity index (χ0) is 5.28. The number of ether oxygens (including phenoxy) is 1. The van der Waals surface area contributed by atoms with Gasteiger partial charge >= 0.3 is 0 Å². The molecule has 0 spiro atoms. The van der Waals surface area contributed by atoms with Gasteiger partial charge in [0.05, 0.1) is 6.10 Å². The van der Waals surface area contributed by atoms with Crippen LogP contribution in [0.25, 0.3) is 0 Å². The van der Waals surface area contributed by atoms with Gasteiger partial charge < -0.3 is 4.74 Å². The lowest BCUT2D eigenvalue weighted by atomic mass is 9.97. The van der Waals surface area contributed by atoms with E-state index in [1.54, 1.807) is 0 Å². The molecule has 1 fully saturated rings. The van der Waals surface area contributed by atoms with Gasteiger partial charge in [0.25, 0.3) is 0 Å². The molecule has 2 atom stereocenters. The fraction of sp³-hybridized carbons (Fsp3) is 1.00. The molecule has 1 heterocycles. The molecule has 0 aromatic carbocycles. The Balaban J connectivity index is 2.26. The average Bonchev–Trinajstić information content (AvgIpc) is 1.87. The Morgan fingerprint density at radius 1 is 1.57 bits per heavy atom. The van der Waals surface area contributed by atoms with Crippen LogP contribution in [0, 0.1) is 0 Å². The van der Waals surface area contributed by atoms with Crippen LogP contribution in [0.1, 0.15) is 19.8 Å². The summed E-state index contributed by atoms with van der Waals surface area (Å²) in [4.78, 5) is 0. The van der Waals surface area contributed by atoms with Crippen molar-refractivity contribution in [1.82, 2.24) is 0 Å². The summed E-state index contributed by atoms with van der Waals surface area (Å²) in [5.41, 5.74) is 0. The van der Waals surface area contributed by atoms with E-state index in [1.807, 2.05) is 6.92 Å². The Hall–Kier alpha value is 0.0249. The maximum atomic E-state index is 5.40. The highest BCUT2D eigenvalue weighted by molar-refractivity contribution is 6.11. The van der Waals surface area contributed by atoms with Crippen LogP contribution in [-0.4, -0.2) is 20.0 Å². The van der Waals surface area contributed by atoms with Crippen LogP contribution < -0.4 is 0 Å². The SMILES string of the molecule is [B]C1CCC(C)O1. The van der Waals surface area contributed by atoms with Gasteiger partial charge in [-0.2, -0.15) is 0 Å². The fourth-order valence-electron chi connectivity index (χ4n) is 0.833. The van der Waals surface area contributed by atoms with Crippen molar-refractivity contribution >= 4 is 7.85 Å². The van der Waals surface area contributed by atoms with Crippen molar-refractivity contribution in [2.45, 2.75) is 31.9 Å². The summed E-state index contributed by atoms with van der Waals surface area (Å²) in [6.07, 6.45) is 2.55. The van der Waals surface area contributed by atoms with Crippen molar-refractivity contribution in [3.8, 4) is 0 Å². The molecule has 1 saturated heterocycles. The molecule has 2 heteroatoms. The molecule has 1 nitrogen and oxygen atoms in total. The molecular weight excluding hydrogens is 86.9 g/mol. The zero-order valence-corrected chi connectivity index (χ0v) is 4.55. The van der Waals surface area contributed by atoms with Gasteiger partial charge in [0.1, 0.15) is 7.85 Å². The van der Waals surface area contributed by atoms with E-state index in [9.17, 15) is 0 Å². The van der Waals surface area contributed by atoms with Crippen molar-refractivity contribution < 1.29 is 4.74 Å². The van der Waals surface area contributed by atoms with E-state index in [2.05, 4.69) is 0 Å². The summed E-state index contributed by atoms with van der Waals surface area (Å²) in [7, 11) is 5.40. The van der Waals surface area contributed by atoms with Crippen molar-refractivity contribution in [1.29, 1.82) is 0 Å². The molecule has 2 unspecified atom stereocenters. The molecule has 0 aliphatic carbocycles. The smallest absolute Gasteiger partial charge is 0.108 e. The molecule has 0 bridgehead atoms. The first-order valence-corrected chi connectivity index (χ1v) is 2.70. The fourth-order valence-corrected chi connectivity index (χ4v) is 0.833. The van der Waals surface area contributed by atoms with Crippen molar-refractivity contribution in [3.05, 3.63) is 0 Å². The normalized spacial score (nSPS) is 41.9. The van der Waals surface area contributed by atoms with E-state index in [4.69, 9.17) is 12.6 Å². The zero-order valence-electron chi connectivity index (χ0n) is 4.55. The van der Waals surface area contributed by atoms with Crippen LogP contribution in [0.15, 0.2) is 0 Å². The van der Waals surface area contributed by atoms with Crippen LogP contribution in [-0.2, 0) is 4.74 Å². The molecule has 2 radical (unpaired) electrons. The third kappa shape index (κ3) is 1.20. The highest BCUT2D eigenvalue weighted by atomic mass is 16.5. The van der Waals surface area contributed by atoms with Gasteiger partial charge in [0.15, 0.2) is 0 Å². The first-order valence-electron chi connectivity index (χ1n) is 2.70. The molecule has 7 heavy (non-hydrogen) atoms. The van der Waals surface area contributed by atoms with Gasteiger partial charge in [-0.15, -0.1) is 0 Å². The van der Waals surface area contributed by atoms with Gasteiger partial charge in [-0.3, -0.25) is 0 Å². The van der Waals surface area contributed by atoms with Crippen LogP contribution in [0.5, 0.6) is 0 Å². The highest BCUT2D eigenvalue weighted by Crippen LogP contribution is 2.15. The molecule has 0 amide bonds. The van der Waals surface area contributed by atoms with Crippen LogP contribution in [0.2, 0.25) is 0 Å².